The van der Waals surface area contributed by atoms with Gasteiger partial charge in [-0.05, 0) is 42.4 Å². The second kappa shape index (κ2) is 9.68. The van der Waals surface area contributed by atoms with E-state index in [0.29, 0.717) is 24.7 Å². The topological polar surface area (TPSA) is 96.6 Å². The summed E-state index contributed by atoms with van der Waals surface area (Å²) in [6.07, 6.45) is 4.34. The first kappa shape index (κ1) is 24.1. The Balaban J connectivity index is 1.27. The van der Waals surface area contributed by atoms with Crippen LogP contribution in [-0.2, 0) is 26.3 Å². The van der Waals surface area contributed by atoms with E-state index in [0.717, 1.165) is 31.2 Å². The summed E-state index contributed by atoms with van der Waals surface area (Å²) < 4.78 is 5.77. The number of fused-ring (bicyclic) bond motifs is 1. The summed E-state index contributed by atoms with van der Waals surface area (Å²) in [5.41, 5.74) is 2.12. The zero-order valence-electron chi connectivity index (χ0n) is 20.5. The molecule has 3 amide bonds. The van der Waals surface area contributed by atoms with E-state index < -0.39 is 0 Å². The van der Waals surface area contributed by atoms with Crippen LogP contribution in [0.15, 0.2) is 28.7 Å². The van der Waals surface area contributed by atoms with Gasteiger partial charge in [0.2, 0.25) is 29.5 Å². The van der Waals surface area contributed by atoms with Gasteiger partial charge in [0.15, 0.2) is 0 Å². The molecule has 8 nitrogen and oxygen atoms in total. The minimum absolute atomic E-state index is 0.0515. The molecule has 1 aromatic carbocycles. The summed E-state index contributed by atoms with van der Waals surface area (Å²) in [7, 11) is 1.69. The van der Waals surface area contributed by atoms with Crippen LogP contribution in [0.5, 0.6) is 0 Å². The highest BCUT2D eigenvalue weighted by atomic mass is 16.4. The zero-order valence-corrected chi connectivity index (χ0v) is 20.5. The van der Waals surface area contributed by atoms with Crippen LogP contribution >= 0.6 is 0 Å². The van der Waals surface area contributed by atoms with Gasteiger partial charge in [-0.25, -0.2) is 0 Å². The molecule has 4 rings (SSSR count). The molecule has 2 fully saturated rings. The number of benzene rings is 1. The number of amides is 3. The number of hydrogen-bond donors (Lipinski definition) is 0. The number of rotatable bonds is 7. The lowest BCUT2D eigenvalue weighted by Crippen LogP contribution is -2.33. The van der Waals surface area contributed by atoms with Crippen molar-refractivity contribution in [3.05, 3.63) is 35.7 Å². The molecular weight excluding hydrogens is 432 g/mol. The van der Waals surface area contributed by atoms with E-state index in [1.54, 1.807) is 7.05 Å². The molecule has 0 radical (unpaired) electrons. The third-order valence-corrected chi connectivity index (χ3v) is 6.97. The van der Waals surface area contributed by atoms with Gasteiger partial charge in [-0.1, -0.05) is 45.7 Å². The first-order chi connectivity index (χ1) is 16.1. The van der Waals surface area contributed by atoms with Crippen LogP contribution in [-0.4, -0.2) is 51.3 Å². The van der Waals surface area contributed by atoms with E-state index >= 15 is 0 Å². The fourth-order valence-electron chi connectivity index (χ4n) is 4.87. The maximum atomic E-state index is 12.6. The summed E-state index contributed by atoms with van der Waals surface area (Å²) in [4.78, 5) is 40.6. The van der Waals surface area contributed by atoms with Gasteiger partial charge in [-0.2, -0.15) is 0 Å². The van der Waals surface area contributed by atoms with Gasteiger partial charge in [-0.3, -0.25) is 19.3 Å². The summed E-state index contributed by atoms with van der Waals surface area (Å²) in [5.74, 6) is 0.301. The second-order valence-electron chi connectivity index (χ2n) is 10.5. The van der Waals surface area contributed by atoms with Crippen molar-refractivity contribution in [2.75, 3.05) is 13.6 Å². The highest BCUT2D eigenvalue weighted by molar-refractivity contribution is 6.05. The van der Waals surface area contributed by atoms with E-state index in [4.69, 9.17) is 4.42 Å². The fraction of sp³-hybridized carbons (Fsp3) is 0.577. The van der Waals surface area contributed by atoms with Crippen LogP contribution in [0.25, 0.3) is 11.5 Å². The average Bonchev–Trinajstić information content (AvgIpc) is 3.37. The Hall–Kier alpha value is -3.03. The highest BCUT2D eigenvalue weighted by Gasteiger charge is 2.47. The molecule has 1 saturated heterocycles. The number of hydrogen-bond acceptors (Lipinski definition) is 6. The van der Waals surface area contributed by atoms with Crippen LogP contribution in [0.1, 0.15) is 70.8 Å². The largest absolute Gasteiger partial charge is 0.419 e. The molecule has 2 aromatic rings. The molecular formula is C26H34N4O4. The minimum Gasteiger partial charge on any atom is -0.419 e. The van der Waals surface area contributed by atoms with E-state index in [1.165, 1.54) is 15.4 Å². The van der Waals surface area contributed by atoms with Crippen molar-refractivity contribution < 1.29 is 18.8 Å². The summed E-state index contributed by atoms with van der Waals surface area (Å²) in [6, 6.07) is 8.03. The van der Waals surface area contributed by atoms with Crippen molar-refractivity contribution in [1.29, 1.82) is 0 Å². The number of imide groups is 1. The smallest absolute Gasteiger partial charge is 0.247 e. The van der Waals surface area contributed by atoms with Crippen molar-refractivity contribution in [2.24, 2.45) is 11.8 Å². The average molecular weight is 467 g/mol. The minimum atomic E-state index is -0.143. The van der Waals surface area contributed by atoms with E-state index in [-0.39, 0.29) is 47.9 Å². The lowest BCUT2D eigenvalue weighted by Gasteiger charge is -2.19. The molecule has 0 bridgehead atoms. The Kier molecular flexibility index (Phi) is 6.86. The van der Waals surface area contributed by atoms with E-state index in [1.807, 2.05) is 12.1 Å². The zero-order chi connectivity index (χ0) is 24.5. The highest BCUT2D eigenvalue weighted by Crippen LogP contribution is 2.38. The van der Waals surface area contributed by atoms with Gasteiger partial charge < -0.3 is 9.32 Å². The molecule has 0 N–H and O–H groups in total. The third kappa shape index (κ3) is 5.05. The Morgan fingerprint density at radius 3 is 2.26 bits per heavy atom. The lowest BCUT2D eigenvalue weighted by atomic mass is 9.81. The van der Waals surface area contributed by atoms with Crippen LogP contribution in [0.3, 0.4) is 0 Å². The molecule has 0 unspecified atom stereocenters. The number of carbonyl (C=O) groups excluding carboxylic acids is 3. The summed E-state index contributed by atoms with van der Waals surface area (Å²) in [5, 5.41) is 8.20. The van der Waals surface area contributed by atoms with Gasteiger partial charge in [0.05, 0.1) is 18.4 Å². The van der Waals surface area contributed by atoms with Crippen molar-refractivity contribution >= 4 is 17.7 Å². The quantitative estimate of drug-likeness (QED) is 0.573. The van der Waals surface area contributed by atoms with Crippen LogP contribution in [0.2, 0.25) is 0 Å². The molecule has 1 saturated carbocycles. The molecule has 2 heterocycles. The molecule has 1 aliphatic heterocycles. The third-order valence-electron chi connectivity index (χ3n) is 6.97. The van der Waals surface area contributed by atoms with Gasteiger partial charge >= 0.3 is 0 Å². The Morgan fingerprint density at radius 1 is 1.06 bits per heavy atom. The van der Waals surface area contributed by atoms with Crippen molar-refractivity contribution in [1.82, 2.24) is 20.0 Å². The lowest BCUT2D eigenvalue weighted by molar-refractivity contribution is -0.140. The molecule has 1 aliphatic carbocycles. The second-order valence-corrected chi connectivity index (χ2v) is 10.5. The van der Waals surface area contributed by atoms with Crippen LogP contribution in [0, 0.1) is 11.8 Å². The molecule has 2 atom stereocenters. The molecule has 8 heteroatoms. The van der Waals surface area contributed by atoms with Crippen molar-refractivity contribution in [3.63, 3.8) is 0 Å². The SMILES string of the molecule is CN(Cc1nnc(-c2ccc(C(C)(C)C)cc2)o1)C(=O)CCCN1C(=O)[C@H]2CCCC[C@H]2C1=O. The number of nitrogens with zero attached hydrogens (tertiary/aromatic N) is 4. The van der Waals surface area contributed by atoms with Gasteiger partial charge in [-0.15, -0.1) is 10.2 Å². The Morgan fingerprint density at radius 2 is 1.68 bits per heavy atom. The summed E-state index contributed by atoms with van der Waals surface area (Å²) in [6.45, 7) is 6.99. The van der Waals surface area contributed by atoms with E-state index in [2.05, 4.69) is 43.1 Å². The molecule has 34 heavy (non-hydrogen) atoms. The van der Waals surface area contributed by atoms with Crippen LogP contribution < -0.4 is 0 Å². The summed E-state index contributed by atoms with van der Waals surface area (Å²) >= 11 is 0. The number of carbonyl (C=O) groups is 3. The van der Waals surface area contributed by atoms with E-state index in [9.17, 15) is 14.4 Å². The maximum Gasteiger partial charge on any atom is 0.247 e. The Bertz CT molecular complexity index is 1030. The molecule has 0 spiro atoms. The van der Waals surface area contributed by atoms with Crippen LogP contribution in [0.4, 0.5) is 0 Å². The van der Waals surface area contributed by atoms with Gasteiger partial charge in [0.25, 0.3) is 0 Å². The maximum absolute atomic E-state index is 12.6. The van der Waals surface area contributed by atoms with Crippen molar-refractivity contribution in [3.8, 4) is 11.5 Å². The monoisotopic (exact) mass is 466 g/mol. The first-order valence-corrected chi connectivity index (χ1v) is 12.2. The van der Waals surface area contributed by atoms with Gasteiger partial charge in [0, 0.05) is 25.6 Å². The Labute approximate surface area is 200 Å². The van der Waals surface area contributed by atoms with Gasteiger partial charge in [0.1, 0.15) is 0 Å². The standard InChI is InChI=1S/C26H34N4O4/c1-26(2,3)18-13-11-17(12-14-18)23-28-27-21(34-23)16-29(4)22(31)10-7-15-30-24(32)19-8-5-6-9-20(19)25(30)33/h11-14,19-20H,5-10,15-16H2,1-4H3/t19-,20+. The number of aromatic nitrogens is 2. The molecule has 182 valence electrons. The molecule has 2 aliphatic rings. The number of likely N-dealkylation sites (tertiary alicyclic amines) is 1. The predicted octanol–water partition coefficient (Wildman–Crippen LogP) is 3.95. The molecule has 1 aromatic heterocycles. The normalized spacial score (nSPS) is 20.5. The van der Waals surface area contributed by atoms with Crippen molar-refractivity contribution in [2.45, 2.75) is 71.3 Å². The predicted molar refractivity (Wildman–Crippen MR) is 126 cm³/mol. The first-order valence-electron chi connectivity index (χ1n) is 12.2. The fourth-order valence-corrected chi connectivity index (χ4v) is 4.87.